The van der Waals surface area contributed by atoms with E-state index >= 15 is 0 Å². The number of nitrogens with zero attached hydrogens (tertiary/aromatic N) is 3. The summed E-state index contributed by atoms with van der Waals surface area (Å²) in [6, 6.07) is 5.07. The van der Waals surface area contributed by atoms with Crippen molar-refractivity contribution in [2.24, 2.45) is 10.3 Å². The van der Waals surface area contributed by atoms with Crippen LogP contribution in [0, 0.1) is 10.1 Å². The minimum absolute atomic E-state index is 0.0790. The zero-order chi connectivity index (χ0) is 27.2. The van der Waals surface area contributed by atoms with Gasteiger partial charge < -0.3 is 28.5 Å². The van der Waals surface area contributed by atoms with Crippen molar-refractivity contribution in [1.82, 2.24) is 5.43 Å². The topological polar surface area (TPSA) is 169 Å². The Hall–Kier alpha value is -4.88. The van der Waals surface area contributed by atoms with Crippen molar-refractivity contribution < 1.29 is 43.0 Å². The summed E-state index contributed by atoms with van der Waals surface area (Å²) in [6.07, 6.45) is 1.23. The van der Waals surface area contributed by atoms with Gasteiger partial charge in [0, 0.05) is 41.7 Å². The first kappa shape index (κ1) is 26.2. The first-order chi connectivity index (χ1) is 18.4. The van der Waals surface area contributed by atoms with Gasteiger partial charge in [0.05, 0.1) is 32.0 Å². The summed E-state index contributed by atoms with van der Waals surface area (Å²) in [5.74, 6) is 0.0989. The molecule has 0 unspecified atom stereocenters. The van der Waals surface area contributed by atoms with Gasteiger partial charge in [-0.15, -0.1) is 0 Å². The summed E-state index contributed by atoms with van der Waals surface area (Å²) in [7, 11) is 2.91. The Morgan fingerprint density at radius 3 is 2.55 bits per heavy atom. The number of fused-ring (bicyclic) bond motifs is 1. The van der Waals surface area contributed by atoms with Crippen LogP contribution in [-0.4, -0.2) is 62.4 Å². The molecule has 0 saturated heterocycles. The minimum atomic E-state index is -0.585. The van der Waals surface area contributed by atoms with Crippen molar-refractivity contribution in [3.05, 3.63) is 51.1 Å². The molecular formula is C24H24N4O10. The van der Waals surface area contributed by atoms with E-state index in [0.717, 1.165) is 0 Å². The largest absolute Gasteiger partial charge is 0.492 e. The second-order valence-electron chi connectivity index (χ2n) is 7.92. The van der Waals surface area contributed by atoms with Crippen LogP contribution in [0.2, 0.25) is 0 Å². The van der Waals surface area contributed by atoms with E-state index in [1.165, 1.54) is 44.7 Å². The summed E-state index contributed by atoms with van der Waals surface area (Å²) in [6.45, 7) is 1.83. The Labute approximate surface area is 216 Å². The molecule has 0 aromatic heterocycles. The third-order valence-electron chi connectivity index (χ3n) is 5.65. The average Bonchev–Trinajstić information content (AvgIpc) is 3.59. The van der Waals surface area contributed by atoms with Gasteiger partial charge in [-0.2, -0.15) is 5.10 Å². The van der Waals surface area contributed by atoms with Crippen LogP contribution in [0.3, 0.4) is 0 Å². The number of amides is 1. The summed E-state index contributed by atoms with van der Waals surface area (Å²) in [5.41, 5.74) is 3.55. The fourth-order valence-electron chi connectivity index (χ4n) is 3.94. The number of rotatable bonds is 10. The molecule has 2 aliphatic rings. The molecule has 2 aliphatic heterocycles. The summed E-state index contributed by atoms with van der Waals surface area (Å²) in [5, 5.41) is 18.7. The summed E-state index contributed by atoms with van der Waals surface area (Å²) in [4.78, 5) is 40.3. The van der Waals surface area contributed by atoms with Gasteiger partial charge in [0.15, 0.2) is 17.2 Å². The van der Waals surface area contributed by atoms with Gasteiger partial charge in [0.2, 0.25) is 18.3 Å². The van der Waals surface area contributed by atoms with Crippen LogP contribution in [-0.2, 0) is 20.8 Å². The zero-order valence-corrected chi connectivity index (χ0v) is 20.7. The molecule has 0 aliphatic carbocycles. The molecule has 0 spiro atoms. The van der Waals surface area contributed by atoms with Crippen molar-refractivity contribution in [2.75, 3.05) is 27.6 Å². The molecule has 200 valence electrons. The number of nitro groups is 1. The number of nitro benzene ring substituents is 1. The molecule has 0 saturated carbocycles. The second-order valence-corrected chi connectivity index (χ2v) is 7.92. The number of carbonyl (C=O) groups is 2. The van der Waals surface area contributed by atoms with E-state index in [9.17, 15) is 19.7 Å². The Balaban J connectivity index is 1.61. The van der Waals surface area contributed by atoms with Gasteiger partial charge >= 0.3 is 5.97 Å². The number of hydrogen-bond donors (Lipinski definition) is 1. The molecule has 14 heteroatoms. The van der Waals surface area contributed by atoms with Crippen LogP contribution in [0.1, 0.15) is 34.8 Å². The fraction of sp³-hybridized carbons (Fsp3) is 0.333. The molecule has 0 fully saturated rings. The lowest BCUT2D eigenvalue weighted by molar-refractivity contribution is -0.384. The number of nitrogens with one attached hydrogen (secondary N) is 1. The Morgan fingerprint density at radius 1 is 1.18 bits per heavy atom. The maximum absolute atomic E-state index is 12.5. The smallest absolute Gasteiger partial charge is 0.356 e. The predicted octanol–water partition coefficient (Wildman–Crippen LogP) is 2.36. The molecule has 1 N–H and O–H groups in total. The maximum atomic E-state index is 12.5. The predicted molar refractivity (Wildman–Crippen MR) is 131 cm³/mol. The van der Waals surface area contributed by atoms with Gasteiger partial charge in [-0.25, -0.2) is 10.2 Å². The Morgan fingerprint density at radius 2 is 1.89 bits per heavy atom. The fourth-order valence-corrected chi connectivity index (χ4v) is 3.94. The van der Waals surface area contributed by atoms with Crippen molar-refractivity contribution in [3.63, 3.8) is 0 Å². The second kappa shape index (κ2) is 11.5. The molecule has 1 amide bonds. The van der Waals surface area contributed by atoms with Crippen molar-refractivity contribution >= 4 is 29.5 Å². The SMILES string of the molecule is CCOC(=O)C1=NO[C@H](Cc2c(/C=N/NC(=O)c3ccc([N+](=O)[O-])cc3)c3c(c(OC)c2OC)OCO3)C1. The molecule has 1 atom stereocenters. The number of hydrogen-bond acceptors (Lipinski definition) is 12. The van der Waals surface area contributed by atoms with Crippen LogP contribution in [0.25, 0.3) is 0 Å². The summed E-state index contributed by atoms with van der Waals surface area (Å²) < 4.78 is 27.4. The van der Waals surface area contributed by atoms with Crippen LogP contribution in [0.4, 0.5) is 5.69 Å². The third kappa shape index (κ3) is 5.28. The molecule has 2 aromatic carbocycles. The third-order valence-corrected chi connectivity index (χ3v) is 5.65. The van der Waals surface area contributed by atoms with Gasteiger partial charge in [-0.1, -0.05) is 5.16 Å². The lowest BCUT2D eigenvalue weighted by Crippen LogP contribution is -2.20. The first-order valence-electron chi connectivity index (χ1n) is 11.4. The van der Waals surface area contributed by atoms with Crippen LogP contribution in [0.5, 0.6) is 23.0 Å². The molecule has 0 bridgehead atoms. The lowest BCUT2D eigenvalue weighted by Gasteiger charge is -2.19. The van der Waals surface area contributed by atoms with Crippen LogP contribution in [0.15, 0.2) is 34.5 Å². The lowest BCUT2D eigenvalue weighted by atomic mass is 9.96. The number of ether oxygens (including phenoxy) is 5. The zero-order valence-electron chi connectivity index (χ0n) is 20.7. The van der Waals surface area contributed by atoms with E-state index in [4.69, 9.17) is 28.5 Å². The highest BCUT2D eigenvalue weighted by Crippen LogP contribution is 2.52. The standard InChI is InChI=1S/C24H24N4O10/c1-4-35-24(30)18-10-15(38-27-18)9-16-17(20-22(37-12-36-20)21(34-3)19(16)33-2)11-25-26-23(29)13-5-7-14(8-6-13)28(31)32/h5-8,11,15H,4,9-10,12H2,1-3H3,(H,26,29)/b25-11+/t15-/m1/s1. The molecular weight excluding hydrogens is 504 g/mol. The van der Waals surface area contributed by atoms with E-state index < -0.39 is 22.9 Å². The van der Waals surface area contributed by atoms with Crippen molar-refractivity contribution in [3.8, 4) is 23.0 Å². The number of oxime groups is 1. The van der Waals surface area contributed by atoms with Gasteiger partial charge in [0.25, 0.3) is 11.6 Å². The number of non-ortho nitro benzene ring substituents is 1. The van der Waals surface area contributed by atoms with Crippen LogP contribution < -0.4 is 24.4 Å². The van der Waals surface area contributed by atoms with Gasteiger partial charge in [-0.3, -0.25) is 14.9 Å². The highest BCUT2D eigenvalue weighted by Gasteiger charge is 2.34. The molecule has 38 heavy (non-hydrogen) atoms. The van der Waals surface area contributed by atoms with E-state index in [0.29, 0.717) is 34.1 Å². The van der Waals surface area contributed by atoms with Crippen LogP contribution >= 0.6 is 0 Å². The van der Waals surface area contributed by atoms with Gasteiger partial charge in [0.1, 0.15) is 6.10 Å². The molecule has 2 aromatic rings. The molecule has 14 nitrogen and oxygen atoms in total. The number of hydrazone groups is 1. The van der Waals surface area contributed by atoms with Crippen molar-refractivity contribution in [1.29, 1.82) is 0 Å². The molecule has 2 heterocycles. The van der Waals surface area contributed by atoms with E-state index in [1.807, 2.05) is 0 Å². The van der Waals surface area contributed by atoms with Crippen molar-refractivity contribution in [2.45, 2.75) is 25.9 Å². The summed E-state index contributed by atoms with van der Waals surface area (Å²) >= 11 is 0. The number of carbonyl (C=O) groups excluding carboxylic acids is 2. The Kier molecular flexibility index (Phi) is 7.89. The van der Waals surface area contributed by atoms with E-state index in [1.54, 1.807) is 6.92 Å². The van der Waals surface area contributed by atoms with E-state index in [-0.39, 0.29) is 43.2 Å². The average molecular weight is 528 g/mol. The number of methoxy groups -OCH3 is 2. The maximum Gasteiger partial charge on any atom is 0.356 e. The minimum Gasteiger partial charge on any atom is -0.492 e. The van der Waals surface area contributed by atoms with Gasteiger partial charge in [-0.05, 0) is 19.1 Å². The quantitative estimate of drug-likeness (QED) is 0.209. The number of esters is 1. The highest BCUT2D eigenvalue weighted by molar-refractivity contribution is 6.36. The Bertz CT molecular complexity index is 1310. The monoisotopic (exact) mass is 528 g/mol. The number of benzene rings is 2. The van der Waals surface area contributed by atoms with E-state index in [2.05, 4.69) is 15.7 Å². The highest BCUT2D eigenvalue weighted by atomic mass is 16.7. The first-order valence-corrected chi connectivity index (χ1v) is 11.4. The normalized spacial score (nSPS) is 15.6. The molecule has 4 rings (SSSR count). The molecule has 0 radical (unpaired) electrons.